The molecule has 0 aliphatic carbocycles. The van der Waals surface area contributed by atoms with Gasteiger partial charge in [-0.15, -0.1) is 0 Å². The number of hydrogen-bond donors (Lipinski definition) is 1. The molecule has 5 nitrogen and oxygen atoms in total. The van der Waals surface area contributed by atoms with Crippen LogP contribution in [0.5, 0.6) is 0 Å². The van der Waals surface area contributed by atoms with Crippen LogP contribution in [0.2, 0.25) is 0 Å². The van der Waals surface area contributed by atoms with E-state index in [1.807, 2.05) is 6.92 Å². The number of carbonyl (C=O) groups excluding carboxylic acids is 2. The molecule has 0 aromatic heterocycles. The molecule has 0 aliphatic rings. The Morgan fingerprint density at radius 3 is 2.12 bits per heavy atom. The summed E-state index contributed by atoms with van der Waals surface area (Å²) in [5.74, 6) is -1.52. The molecule has 7 heteroatoms. The van der Waals surface area contributed by atoms with Gasteiger partial charge in [-0.1, -0.05) is 6.07 Å². The Hall–Kier alpha value is -2.96. The molecule has 0 bridgehead atoms. The Morgan fingerprint density at radius 1 is 0.969 bits per heavy atom. The van der Waals surface area contributed by atoms with Crippen LogP contribution in [0.3, 0.4) is 0 Å². The molecule has 2 aromatic carbocycles. The summed E-state index contributed by atoms with van der Waals surface area (Å²) in [4.78, 5) is 24.4. The number of halogens is 2. The Bertz CT molecular complexity index is 1040. The van der Waals surface area contributed by atoms with Gasteiger partial charge < -0.3 is 14.8 Å². The first kappa shape index (κ1) is 25.3. The average Bonchev–Trinajstić information content (AvgIpc) is 2.66. The molecule has 1 unspecified atom stereocenters. The maximum atomic E-state index is 15.2. The lowest BCUT2D eigenvalue weighted by atomic mass is 9.89. The van der Waals surface area contributed by atoms with Crippen molar-refractivity contribution in [1.82, 2.24) is 5.32 Å². The highest BCUT2D eigenvalue weighted by atomic mass is 19.1. The van der Waals surface area contributed by atoms with Gasteiger partial charge in [0.2, 0.25) is 0 Å². The molecule has 0 radical (unpaired) electrons. The summed E-state index contributed by atoms with van der Waals surface area (Å²) in [7, 11) is 1.21. The predicted molar refractivity (Wildman–Crippen MR) is 119 cm³/mol. The van der Waals surface area contributed by atoms with Crippen LogP contribution >= 0.6 is 0 Å². The van der Waals surface area contributed by atoms with E-state index in [1.165, 1.54) is 13.2 Å². The van der Waals surface area contributed by atoms with Crippen LogP contribution in [0.1, 0.15) is 61.1 Å². The van der Waals surface area contributed by atoms with Crippen molar-refractivity contribution < 1.29 is 27.8 Å². The number of rotatable bonds is 5. The van der Waals surface area contributed by atoms with Gasteiger partial charge in [0.15, 0.2) is 0 Å². The SMILES string of the molecule is COC(=O)CC(NC(=O)OC(C)(C)C)c1cc(-c2c(C)cc(C)c(F)c2C)cc(C)c1F. The number of aryl methyl sites for hydroxylation is 3. The van der Waals surface area contributed by atoms with Gasteiger partial charge in [-0.2, -0.15) is 0 Å². The minimum Gasteiger partial charge on any atom is -0.469 e. The van der Waals surface area contributed by atoms with Crippen molar-refractivity contribution in [3.05, 3.63) is 57.7 Å². The second-order valence-electron chi connectivity index (χ2n) is 9.00. The molecule has 174 valence electrons. The lowest BCUT2D eigenvalue weighted by Gasteiger charge is -2.25. The lowest BCUT2D eigenvalue weighted by Crippen LogP contribution is -2.36. The van der Waals surface area contributed by atoms with Gasteiger partial charge in [-0.3, -0.25) is 4.79 Å². The number of alkyl carbamates (subject to hydrolysis) is 1. The van der Waals surface area contributed by atoms with Crippen molar-refractivity contribution in [3.63, 3.8) is 0 Å². The van der Waals surface area contributed by atoms with Gasteiger partial charge in [0.05, 0.1) is 19.6 Å². The Morgan fingerprint density at radius 2 is 1.56 bits per heavy atom. The minimum atomic E-state index is -1.04. The molecule has 2 rings (SSSR count). The highest BCUT2D eigenvalue weighted by molar-refractivity contribution is 5.76. The van der Waals surface area contributed by atoms with E-state index in [2.05, 4.69) is 5.32 Å². The van der Waals surface area contributed by atoms with E-state index in [4.69, 9.17) is 9.47 Å². The van der Waals surface area contributed by atoms with Crippen molar-refractivity contribution in [2.24, 2.45) is 0 Å². The van der Waals surface area contributed by atoms with Crippen molar-refractivity contribution in [1.29, 1.82) is 0 Å². The van der Waals surface area contributed by atoms with Crippen LogP contribution in [0.4, 0.5) is 13.6 Å². The van der Waals surface area contributed by atoms with E-state index in [-0.39, 0.29) is 17.8 Å². The predicted octanol–water partition coefficient (Wildman–Crippen LogP) is 5.99. The van der Waals surface area contributed by atoms with Crippen LogP contribution in [0, 0.1) is 39.3 Å². The summed E-state index contributed by atoms with van der Waals surface area (Å²) in [6, 6.07) is 3.87. The number of carbonyl (C=O) groups is 2. The molecule has 1 N–H and O–H groups in total. The fraction of sp³-hybridized carbons (Fsp3) is 0.440. The molecule has 0 fully saturated rings. The van der Waals surface area contributed by atoms with Crippen molar-refractivity contribution in [2.75, 3.05) is 7.11 Å². The summed E-state index contributed by atoms with van der Waals surface area (Å²) >= 11 is 0. The fourth-order valence-corrected chi connectivity index (χ4v) is 3.74. The topological polar surface area (TPSA) is 64.6 Å². The number of methoxy groups -OCH3 is 1. The molecule has 0 saturated heterocycles. The van der Waals surface area contributed by atoms with Gasteiger partial charge in [-0.05, 0) is 94.0 Å². The molecule has 0 heterocycles. The Labute approximate surface area is 188 Å². The molecule has 32 heavy (non-hydrogen) atoms. The van der Waals surface area contributed by atoms with Gasteiger partial charge in [-0.25, -0.2) is 13.6 Å². The first-order chi connectivity index (χ1) is 14.7. The molecule has 0 spiro atoms. The van der Waals surface area contributed by atoms with Crippen LogP contribution < -0.4 is 5.32 Å². The van der Waals surface area contributed by atoms with Crippen LogP contribution in [0.25, 0.3) is 11.1 Å². The first-order valence-corrected chi connectivity index (χ1v) is 10.4. The number of ether oxygens (including phenoxy) is 2. The van der Waals surface area contributed by atoms with Gasteiger partial charge in [0.25, 0.3) is 0 Å². The Kier molecular flexibility index (Phi) is 7.65. The van der Waals surface area contributed by atoms with Crippen molar-refractivity contribution in [2.45, 2.75) is 66.5 Å². The zero-order chi connectivity index (χ0) is 24.4. The number of esters is 1. The largest absolute Gasteiger partial charge is 0.469 e. The third kappa shape index (κ3) is 5.84. The molecular weight excluding hydrogens is 416 g/mol. The van der Waals surface area contributed by atoms with Gasteiger partial charge >= 0.3 is 12.1 Å². The lowest BCUT2D eigenvalue weighted by molar-refractivity contribution is -0.141. The Balaban J connectivity index is 2.62. The van der Waals surface area contributed by atoms with Gasteiger partial charge in [0.1, 0.15) is 17.2 Å². The molecule has 0 aliphatic heterocycles. The van der Waals surface area contributed by atoms with E-state index in [9.17, 15) is 14.0 Å². The third-order valence-corrected chi connectivity index (χ3v) is 5.11. The van der Waals surface area contributed by atoms with E-state index in [1.54, 1.807) is 53.7 Å². The fourth-order valence-electron chi connectivity index (χ4n) is 3.74. The smallest absolute Gasteiger partial charge is 0.408 e. The maximum Gasteiger partial charge on any atom is 0.408 e. The zero-order valence-electron chi connectivity index (χ0n) is 19.9. The summed E-state index contributed by atoms with van der Waals surface area (Å²) in [5.41, 5.74) is 2.67. The van der Waals surface area contributed by atoms with E-state index >= 15 is 4.39 Å². The molecule has 0 saturated carbocycles. The number of amides is 1. The highest BCUT2D eigenvalue weighted by Gasteiger charge is 2.27. The quantitative estimate of drug-likeness (QED) is 0.572. The van der Waals surface area contributed by atoms with E-state index < -0.39 is 29.5 Å². The van der Waals surface area contributed by atoms with E-state index in [0.29, 0.717) is 27.8 Å². The zero-order valence-corrected chi connectivity index (χ0v) is 19.9. The number of benzene rings is 2. The number of hydrogen-bond acceptors (Lipinski definition) is 4. The van der Waals surface area contributed by atoms with Gasteiger partial charge in [0, 0.05) is 5.56 Å². The molecule has 2 aromatic rings. The summed E-state index contributed by atoms with van der Waals surface area (Å²) in [6.07, 6.45) is -1.09. The van der Waals surface area contributed by atoms with Crippen LogP contribution in [-0.2, 0) is 14.3 Å². The molecule has 1 amide bonds. The van der Waals surface area contributed by atoms with Crippen LogP contribution in [-0.4, -0.2) is 24.8 Å². The van der Waals surface area contributed by atoms with E-state index in [0.717, 1.165) is 5.56 Å². The second kappa shape index (κ2) is 9.67. The highest BCUT2D eigenvalue weighted by Crippen LogP contribution is 2.35. The summed E-state index contributed by atoms with van der Waals surface area (Å²) < 4.78 is 39.9. The van der Waals surface area contributed by atoms with Crippen molar-refractivity contribution in [3.8, 4) is 11.1 Å². The maximum absolute atomic E-state index is 15.2. The normalized spacial score (nSPS) is 12.3. The summed E-state index contributed by atoms with van der Waals surface area (Å²) in [5, 5.41) is 2.58. The van der Waals surface area contributed by atoms with Crippen molar-refractivity contribution >= 4 is 12.1 Å². The standard InChI is InChI=1S/C25H31F2NO4/c1-13-9-14(2)22(26)16(4)21(13)17-10-15(3)23(27)18(11-17)19(12-20(29)31-8)28-24(30)32-25(5,6)7/h9-11,19H,12H2,1-8H3,(H,28,30). The molecule has 1 atom stereocenters. The minimum absolute atomic E-state index is 0.0936. The average molecular weight is 448 g/mol. The third-order valence-electron chi connectivity index (χ3n) is 5.11. The monoisotopic (exact) mass is 447 g/mol. The number of nitrogens with one attached hydrogen (secondary N) is 1. The second-order valence-corrected chi connectivity index (χ2v) is 9.00. The first-order valence-electron chi connectivity index (χ1n) is 10.4. The van der Waals surface area contributed by atoms with Crippen LogP contribution in [0.15, 0.2) is 18.2 Å². The molecular formula is C25H31F2NO4. The summed E-state index contributed by atoms with van der Waals surface area (Å²) in [6.45, 7) is 11.9.